The van der Waals surface area contributed by atoms with Crippen molar-refractivity contribution in [2.75, 3.05) is 12.5 Å². The van der Waals surface area contributed by atoms with Gasteiger partial charge in [0.25, 0.3) is 0 Å². The summed E-state index contributed by atoms with van der Waals surface area (Å²) in [6, 6.07) is 6.50. The van der Waals surface area contributed by atoms with Crippen LogP contribution in [0.3, 0.4) is 0 Å². The number of hydrogen-bond donors (Lipinski definition) is 2. The second-order valence-corrected chi connectivity index (χ2v) is 6.37. The smallest absolute Gasteiger partial charge is 0.245 e. The molecule has 0 amide bonds. The van der Waals surface area contributed by atoms with Crippen LogP contribution in [0.15, 0.2) is 41.6 Å². The molecule has 0 saturated heterocycles. The fourth-order valence-corrected chi connectivity index (χ4v) is 3.09. The minimum Gasteiger partial charge on any atom is -0.337 e. The largest absolute Gasteiger partial charge is 0.337 e. The molecule has 0 unspecified atom stereocenters. The molecule has 7 nitrogen and oxygen atoms in total. The second-order valence-electron chi connectivity index (χ2n) is 4.36. The molecule has 2 rings (SSSR count). The maximum Gasteiger partial charge on any atom is 0.245 e. The molecule has 0 aliphatic carbocycles. The number of nitrogens with two attached hydrogens (primary N) is 1. The number of nitrogen functional groups attached to an aromatic ring is 1. The monoisotopic (exact) mass is 295 g/mol. The van der Waals surface area contributed by atoms with Gasteiger partial charge in [0.1, 0.15) is 10.7 Å². The lowest BCUT2D eigenvalue weighted by atomic mass is 10.3. The lowest BCUT2D eigenvalue weighted by molar-refractivity contribution is 0.451. The van der Waals surface area contributed by atoms with Crippen molar-refractivity contribution < 1.29 is 8.42 Å². The quantitative estimate of drug-likeness (QED) is 0.620. The SMILES string of the molecule is CN(Cc1nccn1C)S(=O)(=O)c1ccccc1NN. The van der Waals surface area contributed by atoms with Gasteiger partial charge in [-0.25, -0.2) is 13.4 Å². The Balaban J connectivity index is 2.32. The molecule has 2 aromatic rings. The Morgan fingerprint density at radius 2 is 2.10 bits per heavy atom. The number of hydrogen-bond acceptors (Lipinski definition) is 5. The van der Waals surface area contributed by atoms with E-state index in [2.05, 4.69) is 10.4 Å². The number of nitrogens with zero attached hydrogens (tertiary/aromatic N) is 3. The third kappa shape index (κ3) is 2.67. The van der Waals surface area contributed by atoms with Crippen molar-refractivity contribution in [3.8, 4) is 0 Å². The Labute approximate surface area is 118 Å². The Hall–Kier alpha value is -1.90. The van der Waals surface area contributed by atoms with E-state index in [9.17, 15) is 8.42 Å². The van der Waals surface area contributed by atoms with Gasteiger partial charge in [-0.05, 0) is 12.1 Å². The number of anilines is 1. The van der Waals surface area contributed by atoms with Crippen molar-refractivity contribution >= 4 is 15.7 Å². The number of aromatic nitrogens is 2. The minimum atomic E-state index is -3.64. The highest BCUT2D eigenvalue weighted by Gasteiger charge is 2.24. The molecule has 108 valence electrons. The first kappa shape index (κ1) is 14.5. The standard InChI is InChI=1S/C12H17N5O2S/c1-16-8-7-14-12(16)9-17(2)20(18,19)11-6-4-3-5-10(11)15-13/h3-8,15H,9,13H2,1-2H3. The third-order valence-corrected chi connectivity index (χ3v) is 4.88. The van der Waals surface area contributed by atoms with Crippen LogP contribution in [0, 0.1) is 0 Å². The molecule has 0 aliphatic rings. The highest BCUT2D eigenvalue weighted by Crippen LogP contribution is 2.23. The molecule has 8 heteroatoms. The summed E-state index contributed by atoms with van der Waals surface area (Å²) >= 11 is 0. The van der Waals surface area contributed by atoms with Crippen LogP contribution in [0.2, 0.25) is 0 Å². The summed E-state index contributed by atoms with van der Waals surface area (Å²) in [6.07, 6.45) is 3.40. The fourth-order valence-electron chi connectivity index (χ4n) is 1.81. The predicted octanol–water partition coefficient (Wildman–Crippen LogP) is 0.526. The van der Waals surface area contributed by atoms with Crippen molar-refractivity contribution in [1.82, 2.24) is 13.9 Å². The van der Waals surface area contributed by atoms with Crippen LogP contribution in [0.25, 0.3) is 0 Å². The van der Waals surface area contributed by atoms with Crippen LogP contribution < -0.4 is 11.3 Å². The summed E-state index contributed by atoms with van der Waals surface area (Å²) in [5, 5.41) is 0. The van der Waals surface area contributed by atoms with Crippen molar-refractivity contribution in [2.45, 2.75) is 11.4 Å². The van der Waals surface area contributed by atoms with Gasteiger partial charge in [-0.15, -0.1) is 0 Å². The molecule has 1 aromatic carbocycles. The lowest BCUT2D eigenvalue weighted by Crippen LogP contribution is -2.28. The average Bonchev–Trinajstić information content (AvgIpc) is 2.84. The molecule has 3 N–H and O–H groups in total. The van der Waals surface area contributed by atoms with Gasteiger partial charge in [0, 0.05) is 26.5 Å². The molecular weight excluding hydrogens is 278 g/mol. The highest BCUT2D eigenvalue weighted by atomic mass is 32.2. The highest BCUT2D eigenvalue weighted by molar-refractivity contribution is 7.89. The van der Waals surface area contributed by atoms with Gasteiger partial charge in [-0.1, -0.05) is 12.1 Å². The van der Waals surface area contributed by atoms with Crippen molar-refractivity contribution in [1.29, 1.82) is 0 Å². The average molecular weight is 295 g/mol. The lowest BCUT2D eigenvalue weighted by Gasteiger charge is -2.18. The van der Waals surface area contributed by atoms with Crippen LogP contribution >= 0.6 is 0 Å². The zero-order valence-electron chi connectivity index (χ0n) is 11.3. The molecule has 0 atom stereocenters. The number of nitrogens with one attached hydrogen (secondary N) is 1. The molecule has 0 fully saturated rings. The van der Waals surface area contributed by atoms with Gasteiger partial charge in [0.15, 0.2) is 0 Å². The van der Waals surface area contributed by atoms with Crippen molar-refractivity contribution in [3.05, 3.63) is 42.5 Å². The summed E-state index contributed by atoms with van der Waals surface area (Å²) in [4.78, 5) is 4.26. The van der Waals surface area contributed by atoms with Crippen LogP contribution in [0.1, 0.15) is 5.82 Å². The summed E-state index contributed by atoms with van der Waals surface area (Å²) in [5.41, 5.74) is 2.76. The maximum atomic E-state index is 12.5. The van der Waals surface area contributed by atoms with Gasteiger partial charge >= 0.3 is 0 Å². The Morgan fingerprint density at radius 3 is 2.70 bits per heavy atom. The molecule has 0 radical (unpaired) electrons. The third-order valence-electron chi connectivity index (χ3n) is 3.02. The van der Waals surface area contributed by atoms with E-state index >= 15 is 0 Å². The molecule has 0 spiro atoms. The summed E-state index contributed by atoms with van der Waals surface area (Å²) in [6.45, 7) is 0.185. The summed E-state index contributed by atoms with van der Waals surface area (Å²) in [7, 11) is -0.308. The maximum absolute atomic E-state index is 12.5. The zero-order chi connectivity index (χ0) is 14.8. The van der Waals surface area contributed by atoms with Crippen LogP contribution in [0.4, 0.5) is 5.69 Å². The summed E-state index contributed by atoms with van der Waals surface area (Å²) in [5.74, 6) is 6.02. The Bertz CT molecular complexity index is 695. The second kappa shape index (κ2) is 5.61. The number of imidazole rings is 1. The first-order valence-corrected chi connectivity index (χ1v) is 7.39. The molecule has 1 heterocycles. The van der Waals surface area contributed by atoms with Crippen molar-refractivity contribution in [3.63, 3.8) is 0 Å². The molecule has 20 heavy (non-hydrogen) atoms. The van der Waals surface area contributed by atoms with Crippen LogP contribution in [-0.4, -0.2) is 29.3 Å². The van der Waals surface area contributed by atoms with E-state index in [0.29, 0.717) is 11.5 Å². The van der Waals surface area contributed by atoms with E-state index in [-0.39, 0.29) is 11.4 Å². The Kier molecular flexibility index (Phi) is 4.07. The number of rotatable bonds is 5. The number of sulfonamides is 1. The summed E-state index contributed by atoms with van der Waals surface area (Å²) < 4.78 is 28.1. The molecule has 0 aliphatic heterocycles. The van der Waals surface area contributed by atoms with Gasteiger partial charge in [0.05, 0.1) is 12.2 Å². The van der Waals surface area contributed by atoms with E-state index < -0.39 is 10.0 Å². The number of hydrazine groups is 1. The van der Waals surface area contributed by atoms with Gasteiger partial charge in [-0.3, -0.25) is 5.84 Å². The van der Waals surface area contributed by atoms with Crippen LogP contribution in [-0.2, 0) is 23.6 Å². The van der Waals surface area contributed by atoms with E-state index in [1.807, 2.05) is 7.05 Å². The number of benzene rings is 1. The van der Waals surface area contributed by atoms with E-state index in [0.717, 1.165) is 0 Å². The Morgan fingerprint density at radius 1 is 1.40 bits per heavy atom. The van der Waals surface area contributed by atoms with E-state index in [1.54, 1.807) is 35.2 Å². The number of aryl methyl sites for hydroxylation is 1. The molecule has 0 saturated carbocycles. The predicted molar refractivity (Wildman–Crippen MR) is 76.1 cm³/mol. The van der Waals surface area contributed by atoms with Crippen LogP contribution in [0.5, 0.6) is 0 Å². The van der Waals surface area contributed by atoms with Gasteiger partial charge in [0.2, 0.25) is 10.0 Å². The first-order chi connectivity index (χ1) is 9.46. The zero-order valence-corrected chi connectivity index (χ0v) is 12.1. The van der Waals surface area contributed by atoms with Gasteiger partial charge in [-0.2, -0.15) is 4.31 Å². The fraction of sp³-hybridized carbons (Fsp3) is 0.250. The topological polar surface area (TPSA) is 93.2 Å². The number of para-hydroxylation sites is 1. The van der Waals surface area contributed by atoms with Crippen molar-refractivity contribution in [2.24, 2.45) is 12.9 Å². The molecular formula is C12H17N5O2S. The molecule has 1 aromatic heterocycles. The normalized spacial score (nSPS) is 11.8. The first-order valence-electron chi connectivity index (χ1n) is 5.95. The van der Waals surface area contributed by atoms with Gasteiger partial charge < -0.3 is 9.99 Å². The van der Waals surface area contributed by atoms with E-state index in [4.69, 9.17) is 5.84 Å². The van der Waals surface area contributed by atoms with E-state index in [1.165, 1.54) is 17.4 Å². The minimum absolute atomic E-state index is 0.138. The molecule has 0 bridgehead atoms.